The smallest absolute Gasteiger partial charge is 0.305 e. The van der Waals surface area contributed by atoms with Crippen molar-refractivity contribution in [3.8, 4) is 0 Å². The Morgan fingerprint density at radius 1 is 1.35 bits per heavy atom. The maximum Gasteiger partial charge on any atom is 0.305 e. The van der Waals surface area contributed by atoms with Gasteiger partial charge in [-0.15, -0.1) is 0 Å². The number of fused-ring (bicyclic) bond motifs is 2. The molecule has 0 saturated heterocycles. The number of hydrogen-bond donors (Lipinski definition) is 1. The molecule has 3 fully saturated rings. The van der Waals surface area contributed by atoms with Crippen LogP contribution in [0.5, 0.6) is 0 Å². The topological polar surface area (TPSA) is 52.3 Å². The van der Waals surface area contributed by atoms with Crippen molar-refractivity contribution in [3.05, 3.63) is 12.2 Å². The fourth-order valence-electron chi connectivity index (χ4n) is 4.07. The van der Waals surface area contributed by atoms with Crippen molar-refractivity contribution in [3.63, 3.8) is 0 Å². The minimum atomic E-state index is -0.116. The molecule has 3 rings (SSSR count). The Kier molecular flexibility index (Phi) is 4.90. The minimum Gasteiger partial charge on any atom is -0.469 e. The van der Waals surface area contributed by atoms with Crippen LogP contribution in [0.1, 0.15) is 52.4 Å². The fourth-order valence-corrected chi connectivity index (χ4v) is 4.07. The molecule has 114 valence electrons. The molecular weight excluding hydrogens is 250 g/mol. The zero-order valence-electron chi connectivity index (χ0n) is 13.1. The lowest BCUT2D eigenvalue weighted by Gasteiger charge is -2.61. The molecule has 20 heavy (non-hydrogen) atoms. The number of carbonyl (C=O) groups is 1. The molecule has 0 aliphatic heterocycles. The van der Waals surface area contributed by atoms with Crippen molar-refractivity contribution in [2.24, 2.45) is 28.9 Å². The molecule has 0 amide bonds. The lowest BCUT2D eigenvalue weighted by Crippen LogP contribution is -2.61. The molecule has 3 saturated carbocycles. The quantitative estimate of drug-likeness (QED) is 0.461. The van der Waals surface area contributed by atoms with Crippen LogP contribution in [0.2, 0.25) is 0 Å². The second-order valence-corrected chi connectivity index (χ2v) is 7.11. The largest absolute Gasteiger partial charge is 0.469 e. The highest BCUT2D eigenvalue weighted by Gasteiger charge is 2.56. The first-order valence-electron chi connectivity index (χ1n) is 7.94. The molecular formula is C17H29NO2. The van der Waals surface area contributed by atoms with E-state index in [4.69, 9.17) is 5.73 Å². The molecule has 3 aliphatic rings. The predicted molar refractivity (Wildman–Crippen MR) is 81.1 cm³/mol. The Hall–Kier alpha value is -0.830. The maximum atomic E-state index is 11.0. The third-order valence-electron chi connectivity index (χ3n) is 5.73. The average molecular weight is 279 g/mol. The van der Waals surface area contributed by atoms with Gasteiger partial charge in [-0.1, -0.05) is 26.0 Å². The molecule has 0 aromatic carbocycles. The number of carbonyl (C=O) groups excluding carboxylic acids is 1. The van der Waals surface area contributed by atoms with Crippen LogP contribution in [-0.2, 0) is 9.53 Å². The number of unbranched alkanes of at least 4 members (excludes halogenated alkanes) is 1. The Morgan fingerprint density at radius 3 is 2.70 bits per heavy atom. The Labute approximate surface area is 122 Å². The number of ether oxygens (including phenoxy) is 1. The van der Waals surface area contributed by atoms with Gasteiger partial charge in [-0.25, -0.2) is 0 Å². The summed E-state index contributed by atoms with van der Waals surface area (Å²) in [5.74, 6) is 2.14. The molecule has 3 aliphatic carbocycles. The van der Waals surface area contributed by atoms with E-state index in [2.05, 4.69) is 30.7 Å². The fraction of sp³-hybridized carbons (Fsp3) is 0.824. The first-order chi connectivity index (χ1) is 9.46. The second-order valence-electron chi connectivity index (χ2n) is 7.11. The van der Waals surface area contributed by atoms with Crippen molar-refractivity contribution in [1.29, 1.82) is 0 Å². The summed E-state index contributed by atoms with van der Waals surface area (Å²) < 4.78 is 4.62. The minimum absolute atomic E-state index is 0.116. The van der Waals surface area contributed by atoms with Crippen LogP contribution in [0.3, 0.4) is 0 Å². The van der Waals surface area contributed by atoms with Gasteiger partial charge in [0.05, 0.1) is 7.11 Å². The van der Waals surface area contributed by atoms with Gasteiger partial charge < -0.3 is 10.5 Å². The molecule has 2 bridgehead atoms. The monoisotopic (exact) mass is 279 g/mol. The zero-order chi connectivity index (χ0) is 14.8. The van der Waals surface area contributed by atoms with Crippen LogP contribution >= 0.6 is 0 Å². The highest BCUT2D eigenvalue weighted by Crippen LogP contribution is 2.60. The van der Waals surface area contributed by atoms with Gasteiger partial charge in [-0.2, -0.15) is 0 Å². The molecule has 0 radical (unpaired) electrons. The molecule has 0 aromatic rings. The molecule has 0 spiro atoms. The van der Waals surface area contributed by atoms with Crippen molar-refractivity contribution < 1.29 is 9.53 Å². The van der Waals surface area contributed by atoms with Crippen LogP contribution in [0.25, 0.3) is 0 Å². The summed E-state index contributed by atoms with van der Waals surface area (Å²) in [4.78, 5) is 11.0. The second kappa shape index (κ2) is 6.30. The van der Waals surface area contributed by atoms with Crippen LogP contribution in [-0.4, -0.2) is 19.1 Å². The number of methoxy groups -OCH3 is 1. The lowest BCUT2D eigenvalue weighted by atomic mass is 9.45. The number of rotatable bonds is 6. The number of esters is 1. The van der Waals surface area contributed by atoms with E-state index in [9.17, 15) is 4.79 Å². The molecule has 0 aromatic heterocycles. The number of allylic oxidation sites excluding steroid dienone is 2. The predicted octanol–water partition coefficient (Wildman–Crippen LogP) is 3.29. The van der Waals surface area contributed by atoms with Gasteiger partial charge in [0.2, 0.25) is 0 Å². The average Bonchev–Trinajstić information content (AvgIpc) is 2.43. The molecule has 2 N–H and O–H groups in total. The van der Waals surface area contributed by atoms with Gasteiger partial charge in [0.1, 0.15) is 0 Å². The molecule has 3 heteroatoms. The molecule has 4 unspecified atom stereocenters. The summed E-state index contributed by atoms with van der Waals surface area (Å²) in [5.41, 5.74) is 6.91. The number of hydrogen-bond acceptors (Lipinski definition) is 3. The van der Waals surface area contributed by atoms with Crippen molar-refractivity contribution in [1.82, 2.24) is 0 Å². The Bertz CT molecular complexity index is 375. The van der Waals surface area contributed by atoms with Crippen LogP contribution < -0.4 is 5.73 Å². The molecule has 3 nitrogen and oxygen atoms in total. The van der Waals surface area contributed by atoms with Gasteiger partial charge in [0, 0.05) is 12.5 Å². The van der Waals surface area contributed by atoms with E-state index in [1.165, 1.54) is 20.0 Å². The van der Waals surface area contributed by atoms with E-state index >= 15 is 0 Å². The van der Waals surface area contributed by atoms with E-state index < -0.39 is 0 Å². The SMILES string of the molecule is COC(=O)CCC/C=C/CC1CC2CC(C1N)C2(C)C. The maximum absolute atomic E-state index is 11.0. The van der Waals surface area contributed by atoms with E-state index in [0.29, 0.717) is 23.8 Å². The van der Waals surface area contributed by atoms with E-state index in [1.54, 1.807) is 0 Å². The van der Waals surface area contributed by atoms with E-state index in [-0.39, 0.29) is 5.97 Å². The van der Waals surface area contributed by atoms with Gasteiger partial charge in [0.15, 0.2) is 0 Å². The van der Waals surface area contributed by atoms with Gasteiger partial charge in [-0.3, -0.25) is 4.79 Å². The number of nitrogens with two attached hydrogens (primary N) is 1. The van der Waals surface area contributed by atoms with Gasteiger partial charge >= 0.3 is 5.97 Å². The van der Waals surface area contributed by atoms with Crippen LogP contribution in [0.4, 0.5) is 0 Å². The third-order valence-corrected chi connectivity index (χ3v) is 5.73. The first kappa shape index (κ1) is 15.6. The third kappa shape index (κ3) is 3.08. The summed E-state index contributed by atoms with van der Waals surface area (Å²) >= 11 is 0. The summed E-state index contributed by atoms with van der Waals surface area (Å²) in [6.07, 6.45) is 10.5. The van der Waals surface area contributed by atoms with Gasteiger partial charge in [-0.05, 0) is 55.3 Å². The lowest BCUT2D eigenvalue weighted by molar-refractivity contribution is -0.140. The summed E-state index contributed by atoms with van der Waals surface area (Å²) in [6.45, 7) is 4.76. The Balaban J connectivity index is 1.67. The summed E-state index contributed by atoms with van der Waals surface area (Å²) in [7, 11) is 1.44. The molecule has 4 atom stereocenters. The van der Waals surface area contributed by atoms with Crippen molar-refractivity contribution in [2.45, 2.75) is 58.4 Å². The van der Waals surface area contributed by atoms with Crippen molar-refractivity contribution in [2.75, 3.05) is 7.11 Å². The summed E-state index contributed by atoms with van der Waals surface area (Å²) in [6, 6.07) is 0.370. The standard InChI is InChI=1S/C17H29NO2/c1-17(2)13-10-12(16(18)14(17)11-13)8-6-4-5-7-9-15(19)20-3/h4,6,12-14,16H,5,7-11,18H2,1-3H3/b6-4+. The highest BCUT2D eigenvalue weighted by molar-refractivity contribution is 5.69. The van der Waals surface area contributed by atoms with Crippen molar-refractivity contribution >= 4 is 5.97 Å². The summed E-state index contributed by atoms with van der Waals surface area (Å²) in [5, 5.41) is 0. The Morgan fingerprint density at radius 2 is 2.10 bits per heavy atom. The van der Waals surface area contributed by atoms with Crippen LogP contribution in [0, 0.1) is 23.2 Å². The highest BCUT2D eigenvalue weighted by atomic mass is 16.5. The van der Waals surface area contributed by atoms with E-state index in [1.807, 2.05) is 0 Å². The van der Waals surface area contributed by atoms with E-state index in [0.717, 1.165) is 31.1 Å². The first-order valence-corrected chi connectivity index (χ1v) is 7.94. The molecule has 0 heterocycles. The zero-order valence-corrected chi connectivity index (χ0v) is 13.1. The normalized spacial score (nSPS) is 34.8. The van der Waals surface area contributed by atoms with Gasteiger partial charge in [0.25, 0.3) is 0 Å². The van der Waals surface area contributed by atoms with Crippen LogP contribution in [0.15, 0.2) is 12.2 Å².